The van der Waals surface area contributed by atoms with Gasteiger partial charge in [-0.1, -0.05) is 0 Å². The van der Waals surface area contributed by atoms with E-state index < -0.39 is 0 Å². The lowest BCUT2D eigenvalue weighted by Gasteiger charge is -2.27. The topological polar surface area (TPSA) is 29.3 Å². The molecule has 0 amide bonds. The lowest BCUT2D eigenvalue weighted by Crippen LogP contribution is -2.38. The van der Waals surface area contributed by atoms with Crippen LogP contribution in [0.4, 0.5) is 0 Å². The highest BCUT2D eigenvalue weighted by molar-refractivity contribution is 4.96. The average molecular weight is 168 g/mol. The molecule has 0 aromatic rings. The zero-order chi connectivity index (χ0) is 8.55. The molecule has 2 rings (SSSR count). The first-order valence-corrected chi connectivity index (χ1v) is 5.23. The maximum atomic E-state index is 5.57. The highest BCUT2D eigenvalue weighted by Gasteiger charge is 2.43. The fourth-order valence-corrected chi connectivity index (χ4v) is 2.33. The fourth-order valence-electron chi connectivity index (χ4n) is 2.33. The molecule has 0 atom stereocenters. The van der Waals surface area contributed by atoms with E-state index in [0.717, 1.165) is 31.0 Å². The second-order valence-corrected chi connectivity index (χ2v) is 4.43. The molecule has 0 radical (unpaired) electrons. The van der Waals surface area contributed by atoms with Gasteiger partial charge in [0.05, 0.1) is 0 Å². The van der Waals surface area contributed by atoms with Gasteiger partial charge in [-0.3, -0.25) is 0 Å². The van der Waals surface area contributed by atoms with Gasteiger partial charge in [-0.15, -0.1) is 0 Å². The Labute approximate surface area is 75.1 Å². The summed E-state index contributed by atoms with van der Waals surface area (Å²) in [5.74, 6) is 2.04. The molecule has 2 fully saturated rings. The Morgan fingerprint density at radius 3 is 2.08 bits per heavy atom. The summed E-state index contributed by atoms with van der Waals surface area (Å²) in [7, 11) is 2.24. The maximum absolute atomic E-state index is 5.57. The van der Waals surface area contributed by atoms with Crippen LogP contribution in [0.3, 0.4) is 0 Å². The van der Waals surface area contributed by atoms with E-state index in [-0.39, 0.29) is 0 Å². The number of rotatable bonds is 5. The van der Waals surface area contributed by atoms with E-state index in [0.29, 0.717) is 0 Å². The van der Waals surface area contributed by atoms with Crippen molar-refractivity contribution < 1.29 is 0 Å². The van der Waals surface area contributed by atoms with Gasteiger partial charge in [-0.25, -0.2) is 0 Å². The molecule has 2 saturated carbocycles. The van der Waals surface area contributed by atoms with Crippen LogP contribution in [0, 0.1) is 11.8 Å². The Balaban J connectivity index is 1.85. The molecule has 0 aliphatic heterocycles. The van der Waals surface area contributed by atoms with Crippen LogP contribution in [-0.2, 0) is 0 Å². The van der Waals surface area contributed by atoms with Gasteiger partial charge in [-0.2, -0.15) is 0 Å². The molecule has 0 aromatic heterocycles. The average Bonchev–Trinajstić information content (AvgIpc) is 2.80. The quantitative estimate of drug-likeness (QED) is 0.665. The van der Waals surface area contributed by atoms with Crippen molar-refractivity contribution >= 4 is 0 Å². The van der Waals surface area contributed by atoms with Crippen LogP contribution in [0.1, 0.15) is 25.7 Å². The van der Waals surface area contributed by atoms with Crippen LogP contribution >= 0.6 is 0 Å². The van der Waals surface area contributed by atoms with E-state index >= 15 is 0 Å². The predicted octanol–water partition coefficient (Wildman–Crippen LogP) is 1.07. The molecule has 2 nitrogen and oxygen atoms in total. The van der Waals surface area contributed by atoms with Gasteiger partial charge in [0, 0.05) is 19.1 Å². The summed E-state index contributed by atoms with van der Waals surface area (Å²) in [4.78, 5) is 2.50. The van der Waals surface area contributed by atoms with Crippen LogP contribution in [0.25, 0.3) is 0 Å². The smallest absolute Gasteiger partial charge is 0.0149 e. The zero-order valence-corrected chi connectivity index (χ0v) is 8.00. The van der Waals surface area contributed by atoms with Crippen molar-refractivity contribution in [3.63, 3.8) is 0 Å². The van der Waals surface area contributed by atoms with E-state index in [1.54, 1.807) is 0 Å². The minimum Gasteiger partial charge on any atom is -0.329 e. The highest BCUT2D eigenvalue weighted by Crippen LogP contribution is 2.46. The lowest BCUT2D eigenvalue weighted by molar-refractivity contribution is 0.200. The van der Waals surface area contributed by atoms with E-state index in [2.05, 4.69) is 11.9 Å². The zero-order valence-electron chi connectivity index (χ0n) is 8.00. The van der Waals surface area contributed by atoms with Crippen LogP contribution in [0.5, 0.6) is 0 Å². The largest absolute Gasteiger partial charge is 0.329 e. The standard InChI is InChI=1S/C10H20N2/c1-12(7-6-11)10(8-2-3-8)9-4-5-9/h8-10H,2-7,11H2,1H3. The van der Waals surface area contributed by atoms with E-state index in [9.17, 15) is 0 Å². The second kappa shape index (κ2) is 3.35. The third kappa shape index (κ3) is 1.80. The molecule has 12 heavy (non-hydrogen) atoms. The minimum absolute atomic E-state index is 0.812. The van der Waals surface area contributed by atoms with Crippen molar-refractivity contribution in [1.82, 2.24) is 4.90 Å². The molecule has 0 saturated heterocycles. The number of likely N-dealkylation sites (N-methyl/N-ethyl adjacent to an activating group) is 1. The van der Waals surface area contributed by atoms with Crippen molar-refractivity contribution in [3.05, 3.63) is 0 Å². The minimum atomic E-state index is 0.812. The van der Waals surface area contributed by atoms with Gasteiger partial charge in [0.25, 0.3) is 0 Å². The summed E-state index contributed by atoms with van der Waals surface area (Å²) in [5, 5.41) is 0. The predicted molar refractivity (Wildman–Crippen MR) is 50.9 cm³/mol. The summed E-state index contributed by atoms with van der Waals surface area (Å²) in [5.41, 5.74) is 5.57. The van der Waals surface area contributed by atoms with Crippen molar-refractivity contribution in [2.45, 2.75) is 31.7 Å². The second-order valence-electron chi connectivity index (χ2n) is 4.43. The van der Waals surface area contributed by atoms with Gasteiger partial charge in [0.1, 0.15) is 0 Å². The first-order chi connectivity index (χ1) is 5.83. The van der Waals surface area contributed by atoms with E-state index in [1.165, 1.54) is 25.7 Å². The summed E-state index contributed by atoms with van der Waals surface area (Å²) in [6.45, 7) is 1.89. The van der Waals surface area contributed by atoms with Crippen LogP contribution in [0.15, 0.2) is 0 Å². The molecule has 2 heteroatoms. The monoisotopic (exact) mass is 168 g/mol. The first-order valence-electron chi connectivity index (χ1n) is 5.23. The van der Waals surface area contributed by atoms with Gasteiger partial charge >= 0.3 is 0 Å². The summed E-state index contributed by atoms with van der Waals surface area (Å²) in [6.07, 6.45) is 5.87. The van der Waals surface area contributed by atoms with Crippen molar-refractivity contribution in [2.24, 2.45) is 17.6 Å². The van der Waals surface area contributed by atoms with Crippen LogP contribution in [-0.4, -0.2) is 31.1 Å². The number of hydrogen-bond acceptors (Lipinski definition) is 2. The van der Waals surface area contributed by atoms with Gasteiger partial charge in [-0.05, 0) is 44.6 Å². The van der Waals surface area contributed by atoms with Crippen molar-refractivity contribution in [1.29, 1.82) is 0 Å². The molecular formula is C10H20N2. The third-order valence-electron chi connectivity index (χ3n) is 3.20. The van der Waals surface area contributed by atoms with E-state index in [1.807, 2.05) is 0 Å². The molecule has 70 valence electrons. The summed E-state index contributed by atoms with van der Waals surface area (Å²) in [6, 6.07) is 0.883. The Hall–Kier alpha value is -0.0800. The molecule has 0 spiro atoms. The van der Waals surface area contributed by atoms with E-state index in [4.69, 9.17) is 5.73 Å². The third-order valence-corrected chi connectivity index (χ3v) is 3.20. The fraction of sp³-hybridized carbons (Fsp3) is 1.00. The normalized spacial score (nSPS) is 24.0. The van der Waals surface area contributed by atoms with Crippen molar-refractivity contribution in [2.75, 3.05) is 20.1 Å². The van der Waals surface area contributed by atoms with Gasteiger partial charge < -0.3 is 10.6 Å². The SMILES string of the molecule is CN(CCN)C(C1CC1)C1CC1. The Morgan fingerprint density at radius 1 is 1.25 bits per heavy atom. The molecular weight excluding hydrogens is 148 g/mol. The Morgan fingerprint density at radius 2 is 1.75 bits per heavy atom. The Kier molecular flexibility index (Phi) is 2.37. The van der Waals surface area contributed by atoms with Gasteiger partial charge in [0.15, 0.2) is 0 Å². The molecule has 2 N–H and O–H groups in total. The van der Waals surface area contributed by atoms with Gasteiger partial charge in [0.2, 0.25) is 0 Å². The molecule has 0 aromatic carbocycles. The van der Waals surface area contributed by atoms with Crippen LogP contribution in [0.2, 0.25) is 0 Å². The highest BCUT2D eigenvalue weighted by atomic mass is 15.2. The molecule has 0 bridgehead atoms. The first kappa shape index (κ1) is 8.52. The Bertz CT molecular complexity index is 138. The van der Waals surface area contributed by atoms with Crippen molar-refractivity contribution in [3.8, 4) is 0 Å². The molecule has 2 aliphatic carbocycles. The maximum Gasteiger partial charge on any atom is 0.0149 e. The summed E-state index contributed by atoms with van der Waals surface area (Å²) < 4.78 is 0. The summed E-state index contributed by atoms with van der Waals surface area (Å²) >= 11 is 0. The number of hydrogen-bond donors (Lipinski definition) is 1. The van der Waals surface area contributed by atoms with Crippen LogP contribution < -0.4 is 5.73 Å². The lowest BCUT2D eigenvalue weighted by atomic mass is 10.1. The number of nitrogens with zero attached hydrogens (tertiary/aromatic N) is 1. The molecule has 0 heterocycles. The molecule has 0 unspecified atom stereocenters. The molecule has 2 aliphatic rings. The number of nitrogens with two attached hydrogens (primary N) is 1.